The molecular formula is C11H7Cl2FN4O. The summed E-state index contributed by atoms with van der Waals surface area (Å²) in [6.07, 6.45) is 1.15. The van der Waals surface area contributed by atoms with E-state index in [0.717, 1.165) is 12.4 Å². The lowest BCUT2D eigenvalue weighted by Crippen LogP contribution is -2.16. The number of carbonyl (C=O) groups is 1. The number of hydrogen-bond acceptors (Lipinski definition) is 4. The molecule has 3 N–H and O–H groups in total. The number of para-hydroxylation sites is 1. The molecule has 0 fully saturated rings. The maximum atomic E-state index is 13.3. The summed E-state index contributed by atoms with van der Waals surface area (Å²) in [5.41, 5.74) is 5.23. The molecule has 0 radical (unpaired) electrons. The highest BCUT2D eigenvalue weighted by Gasteiger charge is 2.16. The van der Waals surface area contributed by atoms with Crippen molar-refractivity contribution in [3.05, 3.63) is 46.2 Å². The number of hydrogen-bond donors (Lipinski definition) is 2. The van der Waals surface area contributed by atoms with Crippen molar-refractivity contribution in [2.45, 2.75) is 0 Å². The molecule has 2 rings (SSSR count). The van der Waals surface area contributed by atoms with Crippen LogP contribution in [0.25, 0.3) is 0 Å². The summed E-state index contributed by atoms with van der Waals surface area (Å²) in [7, 11) is 0. The zero-order chi connectivity index (χ0) is 14.0. The highest BCUT2D eigenvalue weighted by molar-refractivity contribution is 6.38. The van der Waals surface area contributed by atoms with Crippen molar-refractivity contribution in [3.63, 3.8) is 0 Å². The highest BCUT2D eigenvalue weighted by atomic mass is 35.5. The molecule has 0 aliphatic rings. The van der Waals surface area contributed by atoms with Gasteiger partial charge in [0.25, 0.3) is 5.91 Å². The standard InChI is InChI=1S/C11H7Cl2FN4O/c12-9-8(10(13)17-4-16-9)18-11(19)5-2-1-3-6(14)7(5)15/h1-4H,15H2,(H,18,19). The number of nitrogens with zero attached hydrogens (tertiary/aromatic N) is 2. The summed E-state index contributed by atoms with van der Waals surface area (Å²) < 4.78 is 13.3. The zero-order valence-corrected chi connectivity index (χ0v) is 10.8. The molecule has 19 heavy (non-hydrogen) atoms. The fourth-order valence-electron chi connectivity index (χ4n) is 1.36. The molecule has 0 bridgehead atoms. The maximum Gasteiger partial charge on any atom is 0.258 e. The summed E-state index contributed by atoms with van der Waals surface area (Å²) in [4.78, 5) is 19.3. The molecule has 0 atom stereocenters. The number of nitrogens with two attached hydrogens (primary N) is 1. The molecule has 8 heteroatoms. The number of aromatic nitrogens is 2. The smallest absolute Gasteiger partial charge is 0.258 e. The van der Waals surface area contributed by atoms with E-state index in [2.05, 4.69) is 15.3 Å². The van der Waals surface area contributed by atoms with Gasteiger partial charge in [-0.2, -0.15) is 0 Å². The summed E-state index contributed by atoms with van der Waals surface area (Å²) in [6.45, 7) is 0. The Morgan fingerprint density at radius 3 is 2.53 bits per heavy atom. The van der Waals surface area contributed by atoms with Gasteiger partial charge < -0.3 is 11.1 Å². The Morgan fingerprint density at radius 1 is 1.26 bits per heavy atom. The molecule has 0 saturated carbocycles. The van der Waals surface area contributed by atoms with Crippen LogP contribution in [0.4, 0.5) is 15.8 Å². The van der Waals surface area contributed by atoms with E-state index in [1.165, 1.54) is 12.1 Å². The topological polar surface area (TPSA) is 80.9 Å². The van der Waals surface area contributed by atoms with Gasteiger partial charge in [-0.1, -0.05) is 29.3 Å². The number of nitrogen functional groups attached to an aromatic ring is 1. The molecule has 98 valence electrons. The second-order valence-electron chi connectivity index (χ2n) is 3.49. The third kappa shape index (κ3) is 2.74. The van der Waals surface area contributed by atoms with Gasteiger partial charge in [-0.15, -0.1) is 0 Å². The lowest BCUT2D eigenvalue weighted by Gasteiger charge is -2.09. The first-order valence-corrected chi connectivity index (χ1v) is 5.77. The quantitative estimate of drug-likeness (QED) is 0.660. The average molecular weight is 301 g/mol. The number of carbonyl (C=O) groups excluding carboxylic acids is 1. The number of benzene rings is 1. The van der Waals surface area contributed by atoms with Crippen molar-refractivity contribution in [2.75, 3.05) is 11.1 Å². The van der Waals surface area contributed by atoms with E-state index in [9.17, 15) is 9.18 Å². The van der Waals surface area contributed by atoms with Crippen LogP contribution >= 0.6 is 23.2 Å². The Morgan fingerprint density at radius 2 is 1.89 bits per heavy atom. The van der Waals surface area contributed by atoms with Crippen LogP contribution in [0.1, 0.15) is 10.4 Å². The third-order valence-corrected chi connectivity index (χ3v) is 2.86. The second-order valence-corrected chi connectivity index (χ2v) is 4.20. The van der Waals surface area contributed by atoms with Crippen molar-refractivity contribution < 1.29 is 9.18 Å². The minimum absolute atomic E-state index is 0.0247. The van der Waals surface area contributed by atoms with Crippen LogP contribution in [0, 0.1) is 5.82 Å². The summed E-state index contributed by atoms with van der Waals surface area (Å²) in [5.74, 6) is -1.34. The molecule has 0 aliphatic carbocycles. The van der Waals surface area contributed by atoms with Crippen LogP contribution in [-0.4, -0.2) is 15.9 Å². The fraction of sp³-hybridized carbons (Fsp3) is 0. The lowest BCUT2D eigenvalue weighted by atomic mass is 10.1. The highest BCUT2D eigenvalue weighted by Crippen LogP contribution is 2.27. The van der Waals surface area contributed by atoms with Crippen LogP contribution in [0.5, 0.6) is 0 Å². The van der Waals surface area contributed by atoms with Crippen molar-refractivity contribution >= 4 is 40.5 Å². The number of amides is 1. The minimum atomic E-state index is -0.686. The monoisotopic (exact) mass is 300 g/mol. The Kier molecular flexibility index (Phi) is 3.82. The summed E-state index contributed by atoms with van der Waals surface area (Å²) in [6, 6.07) is 3.89. The molecule has 1 heterocycles. The SMILES string of the molecule is Nc1c(F)cccc1C(=O)Nc1c(Cl)ncnc1Cl. The summed E-state index contributed by atoms with van der Waals surface area (Å²) in [5, 5.41) is 2.34. The van der Waals surface area contributed by atoms with E-state index in [0.29, 0.717) is 0 Å². The van der Waals surface area contributed by atoms with Gasteiger partial charge in [0.15, 0.2) is 10.3 Å². The Bertz CT molecular complexity index is 630. The molecule has 5 nitrogen and oxygen atoms in total. The average Bonchev–Trinajstić information content (AvgIpc) is 2.37. The van der Waals surface area contributed by atoms with E-state index >= 15 is 0 Å². The van der Waals surface area contributed by atoms with Crippen molar-refractivity contribution in [2.24, 2.45) is 0 Å². The summed E-state index contributed by atoms with van der Waals surface area (Å²) >= 11 is 11.6. The van der Waals surface area contributed by atoms with Gasteiger partial charge in [0, 0.05) is 0 Å². The first kappa shape index (κ1) is 13.5. The molecule has 1 aromatic heterocycles. The molecular weight excluding hydrogens is 294 g/mol. The largest absolute Gasteiger partial charge is 0.396 e. The van der Waals surface area contributed by atoms with Crippen LogP contribution in [0.2, 0.25) is 10.3 Å². The van der Waals surface area contributed by atoms with Gasteiger partial charge in [-0.05, 0) is 12.1 Å². The second kappa shape index (κ2) is 5.38. The molecule has 1 aromatic carbocycles. The van der Waals surface area contributed by atoms with E-state index in [-0.39, 0.29) is 27.2 Å². The van der Waals surface area contributed by atoms with Crippen LogP contribution in [-0.2, 0) is 0 Å². The normalized spacial score (nSPS) is 10.3. The number of halogens is 3. The first-order valence-electron chi connectivity index (χ1n) is 5.02. The molecule has 0 saturated heterocycles. The fourth-order valence-corrected chi connectivity index (χ4v) is 1.77. The van der Waals surface area contributed by atoms with Gasteiger partial charge in [0.1, 0.15) is 17.8 Å². The van der Waals surface area contributed by atoms with Gasteiger partial charge in [-0.3, -0.25) is 4.79 Å². The van der Waals surface area contributed by atoms with E-state index in [4.69, 9.17) is 28.9 Å². The molecule has 1 amide bonds. The van der Waals surface area contributed by atoms with Crippen molar-refractivity contribution in [1.82, 2.24) is 9.97 Å². The third-order valence-electron chi connectivity index (χ3n) is 2.29. The Hall–Kier alpha value is -1.92. The van der Waals surface area contributed by atoms with Gasteiger partial charge >= 0.3 is 0 Å². The molecule has 0 aliphatic heterocycles. The predicted molar refractivity (Wildman–Crippen MR) is 70.8 cm³/mol. The van der Waals surface area contributed by atoms with Gasteiger partial charge in [0.05, 0.1) is 11.3 Å². The van der Waals surface area contributed by atoms with E-state index in [1.807, 2.05) is 0 Å². The van der Waals surface area contributed by atoms with Gasteiger partial charge in [-0.25, -0.2) is 14.4 Å². The minimum Gasteiger partial charge on any atom is -0.396 e. The molecule has 0 spiro atoms. The Labute approximate surface area is 117 Å². The number of nitrogens with one attached hydrogen (secondary N) is 1. The Balaban J connectivity index is 2.34. The first-order chi connectivity index (χ1) is 9.00. The van der Waals surface area contributed by atoms with Crippen molar-refractivity contribution in [1.29, 1.82) is 0 Å². The maximum absolute atomic E-state index is 13.3. The van der Waals surface area contributed by atoms with Crippen molar-refractivity contribution in [3.8, 4) is 0 Å². The predicted octanol–water partition coefficient (Wildman–Crippen LogP) is 2.76. The molecule has 2 aromatic rings. The zero-order valence-electron chi connectivity index (χ0n) is 9.32. The van der Waals surface area contributed by atoms with E-state index in [1.54, 1.807) is 0 Å². The van der Waals surface area contributed by atoms with Crippen LogP contribution in [0.3, 0.4) is 0 Å². The lowest BCUT2D eigenvalue weighted by molar-refractivity contribution is 0.102. The van der Waals surface area contributed by atoms with Gasteiger partial charge in [0.2, 0.25) is 0 Å². The van der Waals surface area contributed by atoms with Crippen LogP contribution < -0.4 is 11.1 Å². The van der Waals surface area contributed by atoms with E-state index < -0.39 is 11.7 Å². The molecule has 0 unspecified atom stereocenters. The number of anilines is 2. The van der Waals surface area contributed by atoms with Crippen LogP contribution in [0.15, 0.2) is 24.5 Å². The number of rotatable bonds is 2.